The van der Waals surface area contributed by atoms with E-state index in [4.69, 9.17) is 5.73 Å². The lowest BCUT2D eigenvalue weighted by molar-refractivity contribution is 0.466. The second-order valence-corrected chi connectivity index (χ2v) is 6.56. The molecule has 2 N–H and O–H groups in total. The van der Waals surface area contributed by atoms with Crippen molar-refractivity contribution < 1.29 is 0 Å². The molecule has 1 aromatic heterocycles. The summed E-state index contributed by atoms with van der Waals surface area (Å²) in [6, 6.07) is 17.5. The molecule has 3 aromatic rings. The molecule has 2 heteroatoms. The Morgan fingerprint density at radius 3 is 2.75 bits per heavy atom. The van der Waals surface area contributed by atoms with Gasteiger partial charge in [-0.3, -0.25) is 0 Å². The van der Waals surface area contributed by atoms with Crippen LogP contribution >= 0.6 is 11.3 Å². The van der Waals surface area contributed by atoms with Crippen LogP contribution in [0.1, 0.15) is 22.7 Å². The summed E-state index contributed by atoms with van der Waals surface area (Å²) in [6.07, 6.45) is 2.20. The molecular formula is C18H17NS. The average molecular weight is 279 g/mol. The summed E-state index contributed by atoms with van der Waals surface area (Å²) in [6.45, 7) is 0. The molecule has 1 nitrogen and oxygen atoms in total. The zero-order valence-corrected chi connectivity index (χ0v) is 12.1. The highest BCUT2D eigenvalue weighted by atomic mass is 32.1. The number of rotatable bonds is 2. The van der Waals surface area contributed by atoms with Gasteiger partial charge in [-0.1, -0.05) is 42.5 Å². The van der Waals surface area contributed by atoms with Gasteiger partial charge in [-0.25, -0.2) is 0 Å². The first-order valence-electron chi connectivity index (χ1n) is 7.11. The molecular weight excluding hydrogens is 262 g/mol. The molecule has 0 bridgehead atoms. The van der Waals surface area contributed by atoms with Gasteiger partial charge < -0.3 is 5.73 Å². The molecule has 100 valence electrons. The molecule has 1 heterocycles. The SMILES string of the molecule is NC1c2ccccc2CC1Cc1csc2ccccc12. The van der Waals surface area contributed by atoms with Crippen molar-refractivity contribution >= 4 is 21.4 Å². The van der Waals surface area contributed by atoms with E-state index in [0.717, 1.165) is 12.8 Å². The minimum atomic E-state index is 0.185. The molecule has 1 aliphatic carbocycles. The maximum atomic E-state index is 6.45. The van der Waals surface area contributed by atoms with Crippen LogP contribution in [0.5, 0.6) is 0 Å². The molecule has 4 rings (SSSR count). The fourth-order valence-corrected chi connectivity index (χ4v) is 4.36. The third kappa shape index (κ3) is 1.88. The van der Waals surface area contributed by atoms with Crippen LogP contribution in [0.15, 0.2) is 53.9 Å². The molecule has 0 radical (unpaired) electrons. The first kappa shape index (κ1) is 12.1. The highest BCUT2D eigenvalue weighted by Gasteiger charge is 2.29. The van der Waals surface area contributed by atoms with E-state index >= 15 is 0 Å². The number of thiophene rings is 1. The second-order valence-electron chi connectivity index (χ2n) is 5.65. The number of benzene rings is 2. The van der Waals surface area contributed by atoms with E-state index in [1.807, 2.05) is 11.3 Å². The molecule has 20 heavy (non-hydrogen) atoms. The average Bonchev–Trinajstić information content (AvgIpc) is 3.03. The van der Waals surface area contributed by atoms with Crippen molar-refractivity contribution in [3.63, 3.8) is 0 Å². The quantitative estimate of drug-likeness (QED) is 0.743. The van der Waals surface area contributed by atoms with Gasteiger partial charge in [-0.15, -0.1) is 11.3 Å². The van der Waals surface area contributed by atoms with Gasteiger partial charge in [0.1, 0.15) is 0 Å². The highest BCUT2D eigenvalue weighted by Crippen LogP contribution is 2.38. The Bertz CT molecular complexity index is 759. The van der Waals surface area contributed by atoms with Gasteiger partial charge in [0, 0.05) is 10.7 Å². The van der Waals surface area contributed by atoms with Crippen LogP contribution in [0, 0.1) is 5.92 Å². The number of fused-ring (bicyclic) bond motifs is 2. The lowest BCUT2D eigenvalue weighted by Gasteiger charge is -2.15. The van der Waals surface area contributed by atoms with Crippen molar-refractivity contribution in [3.8, 4) is 0 Å². The van der Waals surface area contributed by atoms with Crippen LogP contribution in [0.4, 0.5) is 0 Å². The van der Waals surface area contributed by atoms with Crippen LogP contribution in [-0.4, -0.2) is 0 Å². The molecule has 2 unspecified atom stereocenters. The first-order chi connectivity index (χ1) is 9.83. The molecule has 0 spiro atoms. The Labute approximate surface area is 123 Å². The van der Waals surface area contributed by atoms with E-state index < -0.39 is 0 Å². The van der Waals surface area contributed by atoms with Gasteiger partial charge in [0.15, 0.2) is 0 Å². The number of hydrogen-bond acceptors (Lipinski definition) is 2. The third-order valence-electron chi connectivity index (χ3n) is 4.45. The molecule has 0 saturated heterocycles. The highest BCUT2D eigenvalue weighted by molar-refractivity contribution is 7.17. The minimum absolute atomic E-state index is 0.185. The van der Waals surface area contributed by atoms with Gasteiger partial charge in [0.25, 0.3) is 0 Å². The van der Waals surface area contributed by atoms with E-state index in [-0.39, 0.29) is 6.04 Å². The Morgan fingerprint density at radius 2 is 1.85 bits per heavy atom. The molecule has 1 aliphatic rings. The monoisotopic (exact) mass is 279 g/mol. The molecule has 0 amide bonds. The van der Waals surface area contributed by atoms with Crippen LogP contribution in [0.2, 0.25) is 0 Å². The van der Waals surface area contributed by atoms with Crippen molar-refractivity contribution in [2.75, 3.05) is 0 Å². The van der Waals surface area contributed by atoms with E-state index in [0.29, 0.717) is 5.92 Å². The Balaban J connectivity index is 1.65. The summed E-state index contributed by atoms with van der Waals surface area (Å²) < 4.78 is 1.38. The van der Waals surface area contributed by atoms with Gasteiger partial charge in [0.2, 0.25) is 0 Å². The van der Waals surface area contributed by atoms with E-state index in [9.17, 15) is 0 Å². The standard InChI is InChI=1S/C18H17NS/c19-18-13(9-12-5-1-2-7-16(12)18)10-14-11-20-17-8-4-3-6-15(14)17/h1-8,11,13,18H,9-10,19H2. The van der Waals surface area contributed by atoms with E-state index in [1.165, 1.54) is 26.8 Å². The third-order valence-corrected chi connectivity index (χ3v) is 5.46. The Hall–Kier alpha value is -1.64. The van der Waals surface area contributed by atoms with E-state index in [1.54, 1.807) is 0 Å². The number of hydrogen-bond donors (Lipinski definition) is 1. The van der Waals surface area contributed by atoms with Crippen LogP contribution in [0.25, 0.3) is 10.1 Å². The maximum Gasteiger partial charge on any atom is 0.0345 e. The van der Waals surface area contributed by atoms with Crippen molar-refractivity contribution in [3.05, 3.63) is 70.6 Å². The summed E-state index contributed by atoms with van der Waals surface area (Å²) >= 11 is 1.84. The van der Waals surface area contributed by atoms with Gasteiger partial charge in [-0.2, -0.15) is 0 Å². The Kier molecular flexibility index (Phi) is 2.86. The molecule has 0 saturated carbocycles. The van der Waals surface area contributed by atoms with Crippen LogP contribution in [-0.2, 0) is 12.8 Å². The molecule has 2 aromatic carbocycles. The smallest absolute Gasteiger partial charge is 0.0345 e. The lowest BCUT2D eigenvalue weighted by Crippen LogP contribution is -2.18. The lowest BCUT2D eigenvalue weighted by atomic mass is 9.93. The summed E-state index contributed by atoms with van der Waals surface area (Å²) in [4.78, 5) is 0. The zero-order chi connectivity index (χ0) is 13.5. The predicted molar refractivity (Wildman–Crippen MR) is 86.1 cm³/mol. The summed E-state index contributed by atoms with van der Waals surface area (Å²) in [5, 5.41) is 3.71. The molecule has 0 aliphatic heterocycles. The van der Waals surface area contributed by atoms with Crippen molar-refractivity contribution in [2.24, 2.45) is 11.7 Å². The topological polar surface area (TPSA) is 26.0 Å². The fraction of sp³-hybridized carbons (Fsp3) is 0.222. The maximum absolute atomic E-state index is 6.45. The number of nitrogens with two attached hydrogens (primary N) is 1. The first-order valence-corrected chi connectivity index (χ1v) is 7.99. The Morgan fingerprint density at radius 1 is 1.05 bits per heavy atom. The molecule has 0 fully saturated rings. The van der Waals surface area contributed by atoms with Crippen molar-refractivity contribution in [2.45, 2.75) is 18.9 Å². The van der Waals surface area contributed by atoms with Crippen LogP contribution in [0.3, 0.4) is 0 Å². The van der Waals surface area contributed by atoms with Gasteiger partial charge in [0.05, 0.1) is 0 Å². The summed E-state index contributed by atoms with van der Waals surface area (Å²) in [7, 11) is 0. The van der Waals surface area contributed by atoms with Crippen molar-refractivity contribution in [1.29, 1.82) is 0 Å². The predicted octanol–water partition coefficient (Wildman–Crippen LogP) is 4.32. The van der Waals surface area contributed by atoms with E-state index in [2.05, 4.69) is 53.9 Å². The molecule has 2 atom stereocenters. The summed E-state index contributed by atoms with van der Waals surface area (Å²) in [5.74, 6) is 0.533. The van der Waals surface area contributed by atoms with Crippen LogP contribution < -0.4 is 5.73 Å². The fourth-order valence-electron chi connectivity index (χ4n) is 3.38. The summed E-state index contributed by atoms with van der Waals surface area (Å²) in [5.41, 5.74) is 10.7. The van der Waals surface area contributed by atoms with Gasteiger partial charge in [-0.05, 0) is 52.3 Å². The normalized spacial score (nSPS) is 21.2. The van der Waals surface area contributed by atoms with Crippen molar-refractivity contribution in [1.82, 2.24) is 0 Å². The largest absolute Gasteiger partial charge is 0.324 e. The second kappa shape index (κ2) is 4.72. The van der Waals surface area contributed by atoms with Gasteiger partial charge >= 0.3 is 0 Å². The minimum Gasteiger partial charge on any atom is -0.324 e. The zero-order valence-electron chi connectivity index (χ0n) is 11.3.